The van der Waals surface area contributed by atoms with E-state index >= 15 is 0 Å². The van der Waals surface area contributed by atoms with Crippen LogP contribution in [0.2, 0.25) is 0 Å². The third-order valence-electron chi connectivity index (χ3n) is 4.65. The van der Waals surface area contributed by atoms with E-state index in [1.54, 1.807) is 19.1 Å². The molecular formula is C19H27N3O7S. The monoisotopic (exact) mass is 441 g/mol. The van der Waals surface area contributed by atoms with Crippen molar-refractivity contribution in [3.05, 3.63) is 24.3 Å². The highest BCUT2D eigenvalue weighted by molar-refractivity contribution is 7.89. The highest BCUT2D eigenvalue weighted by Gasteiger charge is 2.35. The molecule has 0 radical (unpaired) electrons. The number of amides is 3. The number of methoxy groups -OCH3 is 1. The topological polar surface area (TPSA) is 131 Å². The molecule has 10 nitrogen and oxygen atoms in total. The van der Waals surface area contributed by atoms with Gasteiger partial charge in [0.2, 0.25) is 10.0 Å². The van der Waals surface area contributed by atoms with E-state index in [0.717, 1.165) is 0 Å². The second-order valence-electron chi connectivity index (χ2n) is 6.81. The summed E-state index contributed by atoms with van der Waals surface area (Å²) in [5, 5.41) is 4.47. The molecule has 0 saturated carbocycles. The van der Waals surface area contributed by atoms with Gasteiger partial charge >= 0.3 is 12.0 Å². The van der Waals surface area contributed by atoms with Gasteiger partial charge in [-0.05, 0) is 51.0 Å². The lowest BCUT2D eigenvalue weighted by atomic mass is 10.00. The number of hydrogen-bond donors (Lipinski definition) is 2. The molecule has 2 unspecified atom stereocenters. The number of nitrogens with zero attached hydrogens (tertiary/aromatic N) is 1. The Labute approximate surface area is 176 Å². The molecule has 1 aliphatic heterocycles. The third kappa shape index (κ3) is 5.92. The standard InChI is InChI=1S/C19H27N3O7S/c1-4-20-19(25)21-17(23)13(2)29-18(24)14-6-5-11-22(12-14)30(26,27)16-9-7-15(28-3)8-10-16/h7-10,13-14H,4-6,11-12H2,1-3H3,(H2,20,21,23,25). The molecule has 3 amide bonds. The average molecular weight is 442 g/mol. The normalized spacial score (nSPS) is 18.2. The minimum Gasteiger partial charge on any atom is -0.497 e. The highest BCUT2D eigenvalue weighted by Crippen LogP contribution is 2.26. The quantitative estimate of drug-likeness (QED) is 0.600. The van der Waals surface area contributed by atoms with Crippen LogP contribution in [0.15, 0.2) is 29.2 Å². The molecule has 1 aromatic carbocycles. The number of hydrogen-bond acceptors (Lipinski definition) is 7. The van der Waals surface area contributed by atoms with E-state index in [1.807, 2.05) is 0 Å². The van der Waals surface area contributed by atoms with Crippen LogP contribution in [0.25, 0.3) is 0 Å². The number of rotatable bonds is 7. The summed E-state index contributed by atoms with van der Waals surface area (Å²) in [7, 11) is -2.29. The summed E-state index contributed by atoms with van der Waals surface area (Å²) in [5.74, 6) is -1.60. The second kappa shape index (κ2) is 10.4. The molecule has 0 bridgehead atoms. The van der Waals surface area contributed by atoms with Crippen molar-refractivity contribution in [2.24, 2.45) is 5.92 Å². The van der Waals surface area contributed by atoms with E-state index in [0.29, 0.717) is 25.1 Å². The fourth-order valence-electron chi connectivity index (χ4n) is 2.99. The molecule has 0 aliphatic carbocycles. The average Bonchev–Trinajstić information content (AvgIpc) is 2.73. The van der Waals surface area contributed by atoms with Gasteiger partial charge in [-0.25, -0.2) is 13.2 Å². The number of nitrogens with one attached hydrogen (secondary N) is 2. The summed E-state index contributed by atoms with van der Waals surface area (Å²) in [6.07, 6.45) is -0.263. The Morgan fingerprint density at radius 2 is 1.90 bits per heavy atom. The number of esters is 1. The van der Waals surface area contributed by atoms with Gasteiger partial charge in [-0.3, -0.25) is 14.9 Å². The number of piperidine rings is 1. The first-order chi connectivity index (χ1) is 14.2. The largest absolute Gasteiger partial charge is 0.497 e. The minimum absolute atomic E-state index is 0.0438. The van der Waals surface area contributed by atoms with Gasteiger partial charge in [0, 0.05) is 19.6 Å². The number of benzene rings is 1. The van der Waals surface area contributed by atoms with Gasteiger partial charge in [0.15, 0.2) is 6.10 Å². The van der Waals surface area contributed by atoms with E-state index in [-0.39, 0.29) is 18.0 Å². The highest BCUT2D eigenvalue weighted by atomic mass is 32.2. The molecule has 2 atom stereocenters. The summed E-state index contributed by atoms with van der Waals surface area (Å²) in [5.41, 5.74) is 0. The van der Waals surface area contributed by atoms with E-state index in [2.05, 4.69) is 10.6 Å². The molecule has 1 heterocycles. The Kier molecular flexibility index (Phi) is 8.18. The Bertz CT molecular complexity index is 871. The molecule has 2 rings (SSSR count). The van der Waals surface area contributed by atoms with Crippen LogP contribution >= 0.6 is 0 Å². The lowest BCUT2D eigenvalue weighted by molar-refractivity contribution is -0.159. The first-order valence-electron chi connectivity index (χ1n) is 9.62. The lowest BCUT2D eigenvalue weighted by Crippen LogP contribution is -2.46. The van der Waals surface area contributed by atoms with Gasteiger partial charge in [-0.2, -0.15) is 4.31 Å². The Hall–Kier alpha value is -2.66. The lowest BCUT2D eigenvalue weighted by Gasteiger charge is -2.31. The maximum Gasteiger partial charge on any atom is 0.321 e. The van der Waals surface area contributed by atoms with Crippen LogP contribution in [0.5, 0.6) is 5.75 Å². The number of urea groups is 1. The molecular weight excluding hydrogens is 414 g/mol. The molecule has 1 aromatic rings. The van der Waals surface area contributed by atoms with E-state index < -0.39 is 40.0 Å². The molecule has 166 valence electrons. The van der Waals surface area contributed by atoms with Crippen molar-refractivity contribution in [1.29, 1.82) is 0 Å². The maximum absolute atomic E-state index is 12.9. The fourth-order valence-corrected chi connectivity index (χ4v) is 4.52. The van der Waals surface area contributed by atoms with E-state index in [9.17, 15) is 22.8 Å². The molecule has 1 aliphatic rings. The molecule has 1 fully saturated rings. The van der Waals surface area contributed by atoms with Crippen molar-refractivity contribution >= 4 is 27.9 Å². The van der Waals surface area contributed by atoms with Gasteiger partial charge < -0.3 is 14.8 Å². The molecule has 30 heavy (non-hydrogen) atoms. The number of ether oxygens (including phenoxy) is 2. The van der Waals surface area contributed by atoms with Gasteiger partial charge in [0.1, 0.15) is 5.75 Å². The SMILES string of the molecule is CCNC(=O)NC(=O)C(C)OC(=O)C1CCCN(S(=O)(=O)c2ccc(OC)cc2)C1. The predicted molar refractivity (Wildman–Crippen MR) is 107 cm³/mol. The third-order valence-corrected chi connectivity index (χ3v) is 6.53. The summed E-state index contributed by atoms with van der Waals surface area (Å²) in [4.78, 5) is 35.9. The van der Waals surface area contributed by atoms with Crippen LogP contribution in [0.4, 0.5) is 4.79 Å². The number of carbonyl (C=O) groups excluding carboxylic acids is 3. The van der Waals surface area contributed by atoms with Crippen molar-refractivity contribution in [2.45, 2.75) is 37.7 Å². The first-order valence-corrected chi connectivity index (χ1v) is 11.1. The zero-order valence-corrected chi connectivity index (χ0v) is 18.0. The van der Waals surface area contributed by atoms with Gasteiger partial charge in [0.05, 0.1) is 17.9 Å². The van der Waals surface area contributed by atoms with Crippen molar-refractivity contribution in [2.75, 3.05) is 26.7 Å². The molecule has 2 N–H and O–H groups in total. The Balaban J connectivity index is 1.99. The summed E-state index contributed by atoms with van der Waals surface area (Å²) >= 11 is 0. The second-order valence-corrected chi connectivity index (χ2v) is 8.74. The molecule has 11 heteroatoms. The van der Waals surface area contributed by atoms with E-state index in [4.69, 9.17) is 9.47 Å². The number of imide groups is 1. The van der Waals surface area contributed by atoms with Crippen LogP contribution in [-0.2, 0) is 24.3 Å². The maximum atomic E-state index is 12.9. The van der Waals surface area contributed by atoms with Crippen LogP contribution in [-0.4, -0.2) is 63.5 Å². The van der Waals surface area contributed by atoms with Crippen molar-refractivity contribution in [3.63, 3.8) is 0 Å². The van der Waals surface area contributed by atoms with Gasteiger partial charge in [0.25, 0.3) is 5.91 Å². The first kappa shape index (κ1) is 23.6. The molecule has 0 spiro atoms. The van der Waals surface area contributed by atoms with Gasteiger partial charge in [-0.1, -0.05) is 0 Å². The number of sulfonamides is 1. The predicted octanol–water partition coefficient (Wildman–Crippen LogP) is 0.873. The summed E-state index contributed by atoms with van der Waals surface area (Å²) in [6.45, 7) is 3.63. The minimum atomic E-state index is -3.78. The number of carbonyl (C=O) groups is 3. The van der Waals surface area contributed by atoms with Crippen molar-refractivity contribution in [3.8, 4) is 5.75 Å². The zero-order chi connectivity index (χ0) is 22.3. The van der Waals surface area contributed by atoms with Crippen LogP contribution in [0.1, 0.15) is 26.7 Å². The van der Waals surface area contributed by atoms with Crippen LogP contribution < -0.4 is 15.4 Å². The zero-order valence-electron chi connectivity index (χ0n) is 17.2. The molecule has 1 saturated heterocycles. The Morgan fingerprint density at radius 3 is 2.50 bits per heavy atom. The van der Waals surface area contributed by atoms with E-state index in [1.165, 1.54) is 30.5 Å². The smallest absolute Gasteiger partial charge is 0.321 e. The van der Waals surface area contributed by atoms with Crippen LogP contribution in [0, 0.1) is 5.92 Å². The molecule has 0 aromatic heterocycles. The summed E-state index contributed by atoms with van der Waals surface area (Å²) in [6, 6.07) is 5.32. The van der Waals surface area contributed by atoms with Gasteiger partial charge in [-0.15, -0.1) is 0 Å². The Morgan fingerprint density at radius 1 is 1.23 bits per heavy atom. The summed E-state index contributed by atoms with van der Waals surface area (Å²) < 4.78 is 37.2. The van der Waals surface area contributed by atoms with Crippen LogP contribution in [0.3, 0.4) is 0 Å². The van der Waals surface area contributed by atoms with Crippen molar-refractivity contribution < 1.29 is 32.3 Å². The fraction of sp³-hybridized carbons (Fsp3) is 0.526. The van der Waals surface area contributed by atoms with Crippen molar-refractivity contribution in [1.82, 2.24) is 14.9 Å².